The second-order valence-corrected chi connectivity index (χ2v) is 10.6. The molecule has 0 unspecified atom stereocenters. The molecule has 13 heteroatoms. The molecule has 1 heterocycles. The third-order valence-electron chi connectivity index (χ3n) is 6.78. The summed E-state index contributed by atoms with van der Waals surface area (Å²) in [6.07, 6.45) is 1.97. The van der Waals surface area contributed by atoms with Gasteiger partial charge in [-0.2, -0.15) is 0 Å². The van der Waals surface area contributed by atoms with Gasteiger partial charge >= 0.3 is 5.97 Å². The summed E-state index contributed by atoms with van der Waals surface area (Å²) in [5.74, 6) is -3.05. The van der Waals surface area contributed by atoms with Crippen LogP contribution in [-0.2, 0) is 15.3 Å². The fraction of sp³-hybridized carbons (Fsp3) is 0.407. The molecule has 3 atom stereocenters. The summed E-state index contributed by atoms with van der Waals surface area (Å²) in [6, 6.07) is 6.21. The number of nitrogens with one attached hydrogen (secondary N) is 3. The fourth-order valence-electron chi connectivity index (χ4n) is 4.21. The molecule has 3 amide bonds. The van der Waals surface area contributed by atoms with Crippen LogP contribution in [0.1, 0.15) is 65.8 Å². The molecule has 3 rings (SSSR count). The number of fused-ring (bicyclic) bond motifs is 2. The summed E-state index contributed by atoms with van der Waals surface area (Å²) < 4.78 is 0. The lowest BCUT2D eigenvalue weighted by molar-refractivity contribution is -0.384. The van der Waals surface area contributed by atoms with E-state index in [1.807, 2.05) is 6.92 Å². The van der Waals surface area contributed by atoms with E-state index in [1.165, 1.54) is 42.1 Å². The van der Waals surface area contributed by atoms with Gasteiger partial charge in [-0.25, -0.2) is 4.79 Å². The Morgan fingerprint density at radius 3 is 2.55 bits per heavy atom. The maximum Gasteiger partial charge on any atom is 0.335 e. The summed E-state index contributed by atoms with van der Waals surface area (Å²) >= 11 is 1.19. The van der Waals surface area contributed by atoms with Crippen molar-refractivity contribution >= 4 is 46.8 Å². The lowest BCUT2D eigenvalue weighted by Gasteiger charge is -2.27. The maximum atomic E-state index is 13.5. The Morgan fingerprint density at radius 2 is 1.90 bits per heavy atom. The highest BCUT2D eigenvalue weighted by Gasteiger charge is 2.32. The smallest absolute Gasteiger partial charge is 0.335 e. The molecule has 0 aliphatic carbocycles. The number of rotatable bonds is 8. The monoisotopic (exact) mass is 571 g/mol. The molecule has 12 nitrogen and oxygen atoms in total. The predicted molar refractivity (Wildman–Crippen MR) is 150 cm³/mol. The minimum absolute atomic E-state index is 0.0320. The van der Waals surface area contributed by atoms with Crippen molar-refractivity contribution in [3.8, 4) is 0 Å². The number of nitrogens with two attached hydrogens (primary N) is 1. The van der Waals surface area contributed by atoms with Crippen molar-refractivity contribution in [1.82, 2.24) is 10.6 Å². The van der Waals surface area contributed by atoms with E-state index in [0.29, 0.717) is 36.3 Å². The number of hydrogen-bond acceptors (Lipinski definition) is 8. The van der Waals surface area contributed by atoms with Gasteiger partial charge in [0.05, 0.1) is 16.1 Å². The largest absolute Gasteiger partial charge is 0.478 e. The predicted octanol–water partition coefficient (Wildman–Crippen LogP) is 3.30. The zero-order valence-electron chi connectivity index (χ0n) is 22.3. The van der Waals surface area contributed by atoms with Crippen LogP contribution in [0.5, 0.6) is 0 Å². The van der Waals surface area contributed by atoms with Crippen molar-refractivity contribution < 1.29 is 29.2 Å². The summed E-state index contributed by atoms with van der Waals surface area (Å²) in [7, 11) is 0. The first-order chi connectivity index (χ1) is 19.0. The van der Waals surface area contributed by atoms with E-state index in [1.54, 1.807) is 13.0 Å². The molecule has 0 radical (unpaired) electrons. The number of nitro benzene ring substituents is 1. The Morgan fingerprint density at radius 1 is 1.15 bits per heavy atom. The molecule has 0 aromatic heterocycles. The lowest BCUT2D eigenvalue weighted by atomic mass is 9.97. The van der Waals surface area contributed by atoms with Gasteiger partial charge < -0.3 is 26.8 Å². The number of unbranched alkanes of at least 4 members (excludes halogenated alkanes) is 1. The van der Waals surface area contributed by atoms with Crippen molar-refractivity contribution in [2.75, 3.05) is 11.9 Å². The van der Waals surface area contributed by atoms with Crippen LogP contribution in [0, 0.1) is 16.0 Å². The van der Waals surface area contributed by atoms with Crippen LogP contribution in [0.15, 0.2) is 41.3 Å². The van der Waals surface area contributed by atoms with Gasteiger partial charge in [0.2, 0.25) is 11.8 Å². The van der Waals surface area contributed by atoms with Gasteiger partial charge in [0.25, 0.3) is 11.6 Å². The van der Waals surface area contributed by atoms with Crippen molar-refractivity contribution in [3.63, 3.8) is 0 Å². The van der Waals surface area contributed by atoms with Gasteiger partial charge in [0.15, 0.2) is 0 Å². The molecule has 0 fully saturated rings. The van der Waals surface area contributed by atoms with E-state index < -0.39 is 40.7 Å². The van der Waals surface area contributed by atoms with Crippen LogP contribution < -0.4 is 21.7 Å². The van der Waals surface area contributed by atoms with Crippen LogP contribution in [0.2, 0.25) is 0 Å². The summed E-state index contributed by atoms with van der Waals surface area (Å²) in [5.41, 5.74) is 6.14. The summed E-state index contributed by atoms with van der Waals surface area (Å²) in [6.45, 7) is 4.04. The number of aromatic carboxylic acids is 1. The zero-order valence-corrected chi connectivity index (χ0v) is 23.1. The van der Waals surface area contributed by atoms with Crippen molar-refractivity contribution in [2.45, 2.75) is 62.3 Å². The SMILES string of the molecule is CC[C@H](C)[C@@H]1NC(=O)c2cc([N+](=O)[O-])ccc2SCc2ccc(C(=O)O)cc2NC(=O)[C@H](CCCCN)NC1=O. The van der Waals surface area contributed by atoms with Gasteiger partial charge in [-0.3, -0.25) is 24.5 Å². The van der Waals surface area contributed by atoms with Crippen LogP contribution >= 0.6 is 11.8 Å². The molecule has 2 aromatic rings. The number of benzene rings is 2. The number of nitrogens with zero attached hydrogens (tertiary/aromatic N) is 1. The third kappa shape index (κ3) is 7.57. The zero-order chi connectivity index (χ0) is 29.4. The van der Waals surface area contributed by atoms with E-state index in [9.17, 15) is 34.4 Å². The minimum Gasteiger partial charge on any atom is -0.478 e. The summed E-state index contributed by atoms with van der Waals surface area (Å²) in [4.78, 5) is 63.3. The van der Waals surface area contributed by atoms with E-state index >= 15 is 0 Å². The highest BCUT2D eigenvalue weighted by Crippen LogP contribution is 2.32. The van der Waals surface area contributed by atoms with Crippen LogP contribution in [0.25, 0.3) is 0 Å². The number of non-ortho nitro benzene ring substituents is 1. The van der Waals surface area contributed by atoms with Crippen molar-refractivity contribution in [2.24, 2.45) is 11.7 Å². The second kappa shape index (κ2) is 13.9. The van der Waals surface area contributed by atoms with E-state index in [-0.39, 0.29) is 40.6 Å². The molecule has 1 aliphatic rings. The quantitative estimate of drug-likeness (QED) is 0.179. The molecule has 0 spiro atoms. The third-order valence-corrected chi connectivity index (χ3v) is 7.90. The number of thioether (sulfide) groups is 1. The molecular formula is C27H33N5O7S. The number of carboxylic acids is 1. The molecule has 0 bridgehead atoms. The first kappa shape index (κ1) is 30.6. The highest BCUT2D eigenvalue weighted by molar-refractivity contribution is 7.98. The highest BCUT2D eigenvalue weighted by atomic mass is 32.2. The molecule has 0 saturated carbocycles. The normalized spacial score (nSPS) is 18.7. The van der Waals surface area contributed by atoms with E-state index in [0.717, 1.165) is 0 Å². The Labute approximate surface area is 235 Å². The number of carbonyl (C=O) groups is 4. The van der Waals surface area contributed by atoms with Gasteiger partial charge in [-0.15, -0.1) is 11.8 Å². The Hall–Kier alpha value is -3.97. The first-order valence-corrected chi connectivity index (χ1v) is 13.9. The van der Waals surface area contributed by atoms with Gasteiger partial charge in [0.1, 0.15) is 12.1 Å². The minimum atomic E-state index is -1.18. The lowest BCUT2D eigenvalue weighted by Crippen LogP contribution is -2.55. The topological polar surface area (TPSA) is 194 Å². The first-order valence-electron chi connectivity index (χ1n) is 12.9. The number of carbonyl (C=O) groups excluding carboxylic acids is 3. The molecule has 6 N–H and O–H groups in total. The van der Waals surface area contributed by atoms with E-state index in [4.69, 9.17) is 5.73 Å². The average Bonchev–Trinajstić information content (AvgIpc) is 2.93. The Balaban J connectivity index is 2.13. The van der Waals surface area contributed by atoms with Crippen LogP contribution in [0.3, 0.4) is 0 Å². The van der Waals surface area contributed by atoms with Crippen molar-refractivity contribution in [1.29, 1.82) is 0 Å². The Kier molecular flexibility index (Phi) is 10.6. The van der Waals surface area contributed by atoms with Gasteiger partial charge in [-0.05, 0) is 55.5 Å². The average molecular weight is 572 g/mol. The number of hydrogen-bond donors (Lipinski definition) is 5. The number of anilines is 1. The number of carboxylic acid groups (broad SMARTS) is 1. The summed E-state index contributed by atoms with van der Waals surface area (Å²) in [5, 5.41) is 29.2. The fourth-order valence-corrected chi connectivity index (χ4v) is 5.24. The molecule has 1 aliphatic heterocycles. The number of amides is 3. The van der Waals surface area contributed by atoms with Crippen LogP contribution in [0.4, 0.5) is 11.4 Å². The molecule has 2 aromatic carbocycles. The van der Waals surface area contributed by atoms with E-state index in [2.05, 4.69) is 16.0 Å². The molecule has 40 heavy (non-hydrogen) atoms. The molecular weight excluding hydrogens is 538 g/mol. The maximum absolute atomic E-state index is 13.5. The van der Waals surface area contributed by atoms with Crippen LogP contribution in [-0.4, -0.2) is 52.3 Å². The van der Waals surface area contributed by atoms with Gasteiger partial charge in [0, 0.05) is 28.5 Å². The van der Waals surface area contributed by atoms with Gasteiger partial charge in [-0.1, -0.05) is 26.3 Å². The van der Waals surface area contributed by atoms with Crippen molar-refractivity contribution in [3.05, 3.63) is 63.2 Å². The molecule has 0 saturated heterocycles. The molecule has 214 valence electrons. The Bertz CT molecular complexity index is 1300. The second-order valence-electron chi connectivity index (χ2n) is 9.57. The standard InChI is InChI=1S/C27H33N5O7S/c1-3-15(2)23-26(35)29-20(6-4-5-11-28)25(34)30-21-12-16(27(36)37)7-8-17(21)14-40-22-10-9-18(32(38)39)13-19(22)24(33)31-23/h7-10,12-13,15,20,23H,3-6,11,14,28H2,1-2H3,(H,29,35)(H,30,34)(H,31,33)(H,36,37)/t15-,20-,23-/m0/s1. The number of nitro groups is 1.